The number of nitrogens with zero attached hydrogens (tertiary/aromatic N) is 2. The molecule has 0 spiro atoms. The number of carbonyl (C=O) groups is 1. The van der Waals surface area contributed by atoms with Crippen molar-refractivity contribution < 1.29 is 39.9 Å². The van der Waals surface area contributed by atoms with E-state index in [2.05, 4.69) is 5.32 Å². The molecule has 0 amide bonds. The average molecular weight is 572 g/mol. The lowest BCUT2D eigenvalue weighted by Crippen LogP contribution is -2.48. The fraction of sp³-hybridized carbons (Fsp3) is 0.476. The number of carboxylic acids is 1. The number of nitrogens with one attached hydrogen (secondary N) is 1. The molecule has 1 atom stereocenters. The Hall–Kier alpha value is -2.04. The molecule has 1 aliphatic heterocycles. The van der Waals surface area contributed by atoms with Gasteiger partial charge in [-0.2, -0.15) is 21.8 Å². The average Bonchev–Trinajstić information content (AvgIpc) is 3.38. The van der Waals surface area contributed by atoms with Crippen LogP contribution in [0, 0.1) is 0 Å². The molecule has 202 valence electrons. The lowest BCUT2D eigenvalue weighted by atomic mass is 10.0. The molecule has 2 aromatic rings. The topological polar surface area (TPSA) is 124 Å². The van der Waals surface area contributed by atoms with Crippen LogP contribution in [-0.2, 0) is 24.8 Å². The van der Waals surface area contributed by atoms with E-state index in [1.807, 2.05) is 37.3 Å². The highest BCUT2D eigenvalue weighted by Crippen LogP contribution is 2.25. The summed E-state index contributed by atoms with van der Waals surface area (Å²) in [6.45, 7) is 4.17. The maximum atomic E-state index is 13.2. The Morgan fingerprint density at radius 3 is 2.19 bits per heavy atom. The molecule has 2 N–H and O–H groups in total. The molecule has 1 aliphatic rings. The lowest BCUT2D eigenvalue weighted by Gasteiger charge is -2.29. The highest BCUT2D eigenvalue weighted by Gasteiger charge is 2.38. The Balaban J connectivity index is 0.000000572. The Morgan fingerprint density at radius 2 is 1.69 bits per heavy atom. The van der Waals surface area contributed by atoms with Crippen LogP contribution >= 0.6 is 11.3 Å². The third kappa shape index (κ3) is 8.81. The largest absolute Gasteiger partial charge is 0.490 e. The maximum absolute atomic E-state index is 13.2. The Morgan fingerprint density at radius 1 is 1.11 bits per heavy atom. The normalized spacial score (nSPS) is 16.2. The van der Waals surface area contributed by atoms with Gasteiger partial charge in [0, 0.05) is 39.3 Å². The first-order valence-corrected chi connectivity index (χ1v) is 14.8. The van der Waals surface area contributed by atoms with Crippen molar-refractivity contribution in [1.82, 2.24) is 13.9 Å². The monoisotopic (exact) mass is 571 g/mol. The van der Waals surface area contributed by atoms with Crippen molar-refractivity contribution in [3.05, 3.63) is 53.4 Å². The fourth-order valence-electron chi connectivity index (χ4n) is 3.31. The summed E-state index contributed by atoms with van der Waals surface area (Å²) < 4.78 is 86.5. The number of carboxylic acid groups (broad SMARTS) is 1. The molecule has 36 heavy (non-hydrogen) atoms. The summed E-state index contributed by atoms with van der Waals surface area (Å²) in [6, 6.07) is 12.9. The summed E-state index contributed by atoms with van der Waals surface area (Å²) in [6.07, 6.45) is -5.08. The fourth-order valence-corrected chi connectivity index (χ4v) is 7.55. The molecule has 1 fully saturated rings. The first-order chi connectivity index (χ1) is 16.7. The van der Waals surface area contributed by atoms with E-state index in [1.54, 1.807) is 17.5 Å². The van der Waals surface area contributed by atoms with E-state index in [9.17, 15) is 30.0 Å². The van der Waals surface area contributed by atoms with Gasteiger partial charge in [0.2, 0.25) is 10.0 Å². The number of thiophene rings is 1. The van der Waals surface area contributed by atoms with Crippen LogP contribution in [0.4, 0.5) is 13.2 Å². The number of sulfonamides is 2. The van der Waals surface area contributed by atoms with E-state index in [1.165, 1.54) is 8.61 Å². The Kier molecular flexibility index (Phi) is 10.9. The third-order valence-electron chi connectivity index (χ3n) is 5.25. The molecule has 9 nitrogen and oxygen atoms in total. The molecule has 0 aliphatic carbocycles. The summed E-state index contributed by atoms with van der Waals surface area (Å²) in [7, 11) is -7.27. The van der Waals surface area contributed by atoms with Crippen LogP contribution in [-0.4, -0.2) is 87.7 Å². The quantitative estimate of drug-likeness (QED) is 0.474. The van der Waals surface area contributed by atoms with Crippen LogP contribution in [0.5, 0.6) is 0 Å². The number of rotatable bonds is 9. The van der Waals surface area contributed by atoms with Gasteiger partial charge in [0.25, 0.3) is 10.0 Å². The van der Waals surface area contributed by atoms with Crippen LogP contribution in [0.25, 0.3) is 0 Å². The van der Waals surface area contributed by atoms with E-state index < -0.39 is 32.2 Å². The van der Waals surface area contributed by atoms with Crippen molar-refractivity contribution in [1.29, 1.82) is 0 Å². The predicted molar refractivity (Wildman–Crippen MR) is 130 cm³/mol. The summed E-state index contributed by atoms with van der Waals surface area (Å²) >= 11 is 1.14. The van der Waals surface area contributed by atoms with Crippen LogP contribution in [0.1, 0.15) is 18.4 Å². The van der Waals surface area contributed by atoms with Crippen LogP contribution in [0.3, 0.4) is 0 Å². The molecule has 2 heterocycles. The van der Waals surface area contributed by atoms with Crippen LogP contribution in [0.15, 0.2) is 52.1 Å². The number of alkyl halides is 3. The second-order valence-corrected chi connectivity index (χ2v) is 13.1. The Labute approximate surface area is 212 Å². The minimum atomic E-state index is -5.08. The summed E-state index contributed by atoms with van der Waals surface area (Å²) in [4.78, 5) is 8.90. The first-order valence-electron chi connectivity index (χ1n) is 10.8. The molecule has 3 rings (SSSR count). The molecule has 1 unspecified atom stereocenters. The molecular weight excluding hydrogens is 543 g/mol. The number of hydrogen-bond acceptors (Lipinski definition) is 7. The minimum Gasteiger partial charge on any atom is -0.475 e. The molecule has 1 aromatic carbocycles. The van der Waals surface area contributed by atoms with Gasteiger partial charge in [-0.1, -0.05) is 43.3 Å². The lowest BCUT2D eigenvalue weighted by molar-refractivity contribution is -0.192. The number of piperazine rings is 1. The number of aliphatic carboxylic acids is 1. The van der Waals surface area contributed by atoms with Gasteiger partial charge in [0.1, 0.15) is 4.21 Å². The predicted octanol–water partition coefficient (Wildman–Crippen LogP) is 2.41. The van der Waals surface area contributed by atoms with Crippen molar-refractivity contribution in [2.24, 2.45) is 0 Å². The first kappa shape index (κ1) is 30.2. The van der Waals surface area contributed by atoms with E-state index >= 15 is 0 Å². The van der Waals surface area contributed by atoms with E-state index in [4.69, 9.17) is 9.90 Å². The summed E-state index contributed by atoms with van der Waals surface area (Å²) in [5.74, 6) is -3.04. The van der Waals surface area contributed by atoms with Gasteiger partial charge < -0.3 is 10.4 Å². The van der Waals surface area contributed by atoms with Gasteiger partial charge in [0.05, 0.1) is 5.75 Å². The second-order valence-electron chi connectivity index (χ2n) is 7.87. The number of halogens is 3. The van der Waals surface area contributed by atoms with E-state index in [-0.39, 0.29) is 29.0 Å². The zero-order valence-corrected chi connectivity index (χ0v) is 21.8. The van der Waals surface area contributed by atoms with Crippen LogP contribution < -0.4 is 5.32 Å². The smallest absolute Gasteiger partial charge is 0.475 e. The molecule has 0 radical (unpaired) electrons. The zero-order valence-electron chi connectivity index (χ0n) is 19.4. The minimum absolute atomic E-state index is 0.0622. The van der Waals surface area contributed by atoms with E-state index in [0.717, 1.165) is 16.9 Å². The van der Waals surface area contributed by atoms with E-state index in [0.29, 0.717) is 26.2 Å². The third-order valence-corrected chi connectivity index (χ3v) is 10.3. The van der Waals surface area contributed by atoms with Crippen molar-refractivity contribution in [2.75, 3.05) is 45.0 Å². The van der Waals surface area contributed by atoms with Gasteiger partial charge >= 0.3 is 12.1 Å². The molecular formula is C21H28F3N3O6S3. The second kappa shape index (κ2) is 13.0. The van der Waals surface area contributed by atoms with Crippen molar-refractivity contribution >= 4 is 37.4 Å². The maximum Gasteiger partial charge on any atom is 0.490 e. The Bertz CT molecular complexity index is 1170. The number of benzene rings is 1. The highest BCUT2D eigenvalue weighted by atomic mass is 32.2. The SMILES string of the molecule is CC(CN(CCS(=O)(=O)N1CCNCC1)S(=O)(=O)c1cccs1)c1ccccc1.O=C(O)C(F)(F)F. The summed E-state index contributed by atoms with van der Waals surface area (Å²) in [5.41, 5.74) is 1.02. The van der Waals surface area contributed by atoms with Crippen molar-refractivity contribution in [3.63, 3.8) is 0 Å². The van der Waals surface area contributed by atoms with Crippen molar-refractivity contribution in [3.8, 4) is 0 Å². The molecule has 0 saturated carbocycles. The molecule has 1 aromatic heterocycles. The number of hydrogen-bond donors (Lipinski definition) is 2. The molecule has 15 heteroatoms. The van der Waals surface area contributed by atoms with Gasteiger partial charge in [0.15, 0.2) is 0 Å². The molecule has 1 saturated heterocycles. The van der Waals surface area contributed by atoms with Gasteiger partial charge in [-0.15, -0.1) is 11.3 Å². The summed E-state index contributed by atoms with van der Waals surface area (Å²) in [5, 5.41) is 12.0. The highest BCUT2D eigenvalue weighted by molar-refractivity contribution is 7.91. The van der Waals surface area contributed by atoms with Gasteiger partial charge in [-0.25, -0.2) is 21.6 Å². The standard InChI is InChI=1S/C19H27N3O4S3.C2HF3O2/c1-17(18-6-3-2-4-7-18)16-22(29(25,26)19-8-5-14-27-19)13-15-28(23,24)21-11-9-20-10-12-21;3-2(4,5)1(6)7/h2-8,14,17,20H,9-13,15-16H2,1H3;(H,6,7). The van der Waals surface area contributed by atoms with Crippen molar-refractivity contribution in [2.45, 2.75) is 23.2 Å². The van der Waals surface area contributed by atoms with Gasteiger partial charge in [-0.05, 0) is 22.9 Å². The zero-order chi connectivity index (χ0) is 27.0. The van der Waals surface area contributed by atoms with Gasteiger partial charge in [-0.3, -0.25) is 0 Å². The molecule has 0 bridgehead atoms. The van der Waals surface area contributed by atoms with Crippen LogP contribution in [0.2, 0.25) is 0 Å².